The number of Topliss-reactive ketones (excluding diaryl/α,β-unsaturated/α-hetero) is 1. The third-order valence-electron chi connectivity index (χ3n) is 9.12. The van der Waals surface area contributed by atoms with Gasteiger partial charge in [0.05, 0.1) is 21.8 Å². The molecule has 2 aromatic heterocycles. The molecule has 0 saturated carbocycles. The van der Waals surface area contributed by atoms with Crippen LogP contribution in [0.1, 0.15) is 59.6 Å². The Bertz CT molecular complexity index is 2630. The number of aryl methyl sites for hydroxylation is 2. The number of ketones is 1. The van der Waals surface area contributed by atoms with Crippen LogP contribution >= 0.6 is 12.4 Å². The summed E-state index contributed by atoms with van der Waals surface area (Å²) in [6.07, 6.45) is 3.58. The number of benzene rings is 4. The lowest BCUT2D eigenvalue weighted by molar-refractivity contribution is -0.119. The Morgan fingerprint density at radius 2 is 1.08 bits per heavy atom. The van der Waals surface area contributed by atoms with E-state index in [1.54, 1.807) is 63.7 Å². The summed E-state index contributed by atoms with van der Waals surface area (Å²) in [7, 11) is 0. The van der Waals surface area contributed by atoms with Gasteiger partial charge in [0.15, 0.2) is 0 Å². The first-order chi connectivity index (χ1) is 25.2. The summed E-state index contributed by atoms with van der Waals surface area (Å²) in [5, 5.41) is 1.10. The fourth-order valence-corrected chi connectivity index (χ4v) is 6.32. The minimum atomic E-state index is -0.331. The molecule has 4 aromatic carbocycles. The van der Waals surface area contributed by atoms with Gasteiger partial charge < -0.3 is 5.73 Å². The zero-order valence-corrected chi connectivity index (χ0v) is 29.4. The summed E-state index contributed by atoms with van der Waals surface area (Å²) >= 11 is 0. The quantitative estimate of drug-likeness (QED) is 0.196. The summed E-state index contributed by atoms with van der Waals surface area (Å²) in [6, 6.07) is 22.9. The minimum Gasteiger partial charge on any atom is -0.328 e. The first-order valence-electron chi connectivity index (χ1n) is 17.1. The van der Waals surface area contributed by atoms with Crippen molar-refractivity contribution in [2.24, 2.45) is 5.73 Å². The van der Waals surface area contributed by atoms with E-state index in [1.165, 1.54) is 24.3 Å². The molecule has 53 heavy (non-hydrogen) atoms. The largest absolute Gasteiger partial charge is 0.328 e. The number of halogens is 3. The molecule has 0 amide bonds. The van der Waals surface area contributed by atoms with Gasteiger partial charge >= 0.3 is 0 Å². The molecule has 2 aliphatic rings. The van der Waals surface area contributed by atoms with E-state index in [9.17, 15) is 23.2 Å². The van der Waals surface area contributed by atoms with Crippen LogP contribution in [0, 0.1) is 35.3 Å². The van der Waals surface area contributed by atoms with Crippen LogP contribution in [-0.4, -0.2) is 30.9 Å². The minimum absolute atomic E-state index is 0. The Hall–Kier alpha value is -5.94. The Labute approximate surface area is 310 Å². The second-order valence-electron chi connectivity index (χ2n) is 12.8. The van der Waals surface area contributed by atoms with Crippen LogP contribution in [0.25, 0.3) is 21.8 Å². The number of hydrogen-bond donors (Lipinski definition) is 1. The normalized spacial score (nSPS) is 14.8. The van der Waals surface area contributed by atoms with Gasteiger partial charge in [-0.15, -0.1) is 12.4 Å². The van der Waals surface area contributed by atoms with Gasteiger partial charge in [0.25, 0.3) is 11.1 Å². The number of nitrogens with zero attached hydrogens (tertiary/aromatic N) is 4. The van der Waals surface area contributed by atoms with E-state index >= 15 is 0 Å². The molecule has 1 atom stereocenters. The molecule has 8 rings (SSSR count). The monoisotopic (exact) mass is 729 g/mol. The standard InChI is InChI=1S/C21H18FN3O.C21H15FN2O2.ClH/c22-16-3-1-2-14(12-16)4-5-15-6-8-18-19(13-15)24-20-9-7-17(23)10-11-25(20)21(18)26;22-16-3-1-2-14(12-16)4-5-15-6-8-18-19(13-15)23-20-9-7-17(25)10-11-24(20)21(18)26;/h1-3,6,8,12-13,17H,7,9-11,23H2;1-3,6,8,12-13H,7,9-11H2;1H. The van der Waals surface area contributed by atoms with Crippen molar-refractivity contribution in [3.63, 3.8) is 0 Å². The van der Waals surface area contributed by atoms with Gasteiger partial charge in [0.1, 0.15) is 29.1 Å². The Kier molecular flexibility index (Phi) is 11.2. The molecule has 2 aliphatic heterocycles. The lowest BCUT2D eigenvalue weighted by atomic mass is 10.1. The van der Waals surface area contributed by atoms with Crippen LogP contribution in [0.2, 0.25) is 0 Å². The summed E-state index contributed by atoms with van der Waals surface area (Å²) in [5.41, 5.74) is 9.72. The molecule has 8 nitrogen and oxygen atoms in total. The van der Waals surface area contributed by atoms with Crippen molar-refractivity contribution < 1.29 is 13.6 Å². The molecule has 0 radical (unpaired) electrons. The van der Waals surface area contributed by atoms with Crippen LogP contribution in [0.5, 0.6) is 0 Å². The van der Waals surface area contributed by atoms with E-state index in [0.29, 0.717) is 83.1 Å². The molecule has 6 aromatic rings. The highest BCUT2D eigenvalue weighted by atomic mass is 35.5. The highest BCUT2D eigenvalue weighted by Gasteiger charge is 2.18. The molecule has 0 saturated heterocycles. The third-order valence-corrected chi connectivity index (χ3v) is 9.12. The second kappa shape index (κ2) is 16.2. The van der Waals surface area contributed by atoms with Crippen LogP contribution in [-0.2, 0) is 30.7 Å². The summed E-state index contributed by atoms with van der Waals surface area (Å²) in [6.45, 7) is 0.996. The number of hydrogen-bond acceptors (Lipinski definition) is 6. The average Bonchev–Trinajstić information content (AvgIpc) is 3.45. The van der Waals surface area contributed by atoms with E-state index in [2.05, 4.69) is 33.6 Å². The molecule has 4 heterocycles. The first kappa shape index (κ1) is 36.8. The lowest BCUT2D eigenvalue weighted by Crippen LogP contribution is -2.25. The number of nitrogens with two attached hydrogens (primary N) is 1. The fourth-order valence-electron chi connectivity index (χ4n) is 6.32. The van der Waals surface area contributed by atoms with E-state index < -0.39 is 0 Å². The van der Waals surface area contributed by atoms with Crippen molar-refractivity contribution in [2.75, 3.05) is 0 Å². The maximum absolute atomic E-state index is 13.2. The number of aromatic nitrogens is 4. The molecule has 0 bridgehead atoms. The lowest BCUT2D eigenvalue weighted by Gasteiger charge is -2.10. The van der Waals surface area contributed by atoms with E-state index in [0.717, 1.165) is 24.2 Å². The Balaban J connectivity index is 0.000000178. The van der Waals surface area contributed by atoms with Gasteiger partial charge in [-0.25, -0.2) is 18.7 Å². The predicted molar refractivity (Wildman–Crippen MR) is 203 cm³/mol. The molecule has 11 heteroatoms. The van der Waals surface area contributed by atoms with Crippen molar-refractivity contribution in [3.05, 3.63) is 151 Å². The molecule has 266 valence electrons. The fraction of sp³-hybridized carbons (Fsp3) is 0.214. The van der Waals surface area contributed by atoms with Crippen LogP contribution < -0.4 is 16.9 Å². The molecular weight excluding hydrogens is 696 g/mol. The summed E-state index contributed by atoms with van der Waals surface area (Å²) in [5.74, 6) is 12.8. The topological polar surface area (TPSA) is 113 Å². The smallest absolute Gasteiger partial charge is 0.261 e. The zero-order chi connectivity index (χ0) is 36.2. The Morgan fingerprint density at radius 1 is 0.585 bits per heavy atom. The number of rotatable bonds is 0. The average molecular weight is 730 g/mol. The third kappa shape index (κ3) is 8.58. The van der Waals surface area contributed by atoms with Crippen LogP contribution in [0.15, 0.2) is 94.5 Å². The van der Waals surface area contributed by atoms with Gasteiger partial charge in [-0.3, -0.25) is 23.5 Å². The van der Waals surface area contributed by atoms with E-state index in [4.69, 9.17) is 5.73 Å². The zero-order valence-electron chi connectivity index (χ0n) is 28.6. The highest BCUT2D eigenvalue weighted by Crippen LogP contribution is 2.17. The van der Waals surface area contributed by atoms with Gasteiger partial charge in [-0.2, -0.15) is 0 Å². The first-order valence-corrected chi connectivity index (χ1v) is 17.1. The van der Waals surface area contributed by atoms with Crippen molar-refractivity contribution >= 4 is 40.0 Å². The van der Waals surface area contributed by atoms with Crippen molar-refractivity contribution in [1.29, 1.82) is 0 Å². The maximum atomic E-state index is 13.2. The number of carbonyl (C=O) groups excluding carboxylic acids is 1. The second-order valence-corrected chi connectivity index (χ2v) is 12.8. The molecule has 0 spiro atoms. The van der Waals surface area contributed by atoms with Crippen LogP contribution in [0.4, 0.5) is 8.78 Å². The van der Waals surface area contributed by atoms with Crippen molar-refractivity contribution in [1.82, 2.24) is 19.1 Å². The Morgan fingerprint density at radius 3 is 1.60 bits per heavy atom. The highest BCUT2D eigenvalue weighted by molar-refractivity contribution is 5.85. The maximum Gasteiger partial charge on any atom is 0.261 e. The van der Waals surface area contributed by atoms with Crippen LogP contribution in [0.3, 0.4) is 0 Å². The molecule has 1 unspecified atom stereocenters. The van der Waals surface area contributed by atoms with Gasteiger partial charge in [0.2, 0.25) is 0 Å². The number of fused-ring (bicyclic) bond motifs is 4. The summed E-state index contributed by atoms with van der Waals surface area (Å²) in [4.78, 5) is 46.4. The van der Waals surface area contributed by atoms with Crippen molar-refractivity contribution in [2.45, 2.75) is 57.7 Å². The van der Waals surface area contributed by atoms with Gasteiger partial charge in [-0.05, 0) is 85.6 Å². The van der Waals surface area contributed by atoms with Gasteiger partial charge in [-0.1, -0.05) is 35.8 Å². The van der Waals surface area contributed by atoms with Gasteiger partial charge in [0, 0.05) is 67.1 Å². The molecule has 2 N–H and O–H groups in total. The molecule has 0 aliphatic carbocycles. The SMILES string of the molecule is Cl.NC1CCc2nc3cc(C#Cc4cccc(F)c4)ccc3c(=O)n2CC1.O=C1CCc2nc3cc(C#Cc4cccc(F)c4)ccc3c(=O)n2CC1. The van der Waals surface area contributed by atoms with Crippen molar-refractivity contribution in [3.8, 4) is 23.7 Å². The van der Waals surface area contributed by atoms with E-state index in [-0.39, 0.29) is 47.0 Å². The molecule has 0 fully saturated rings. The predicted octanol–water partition coefficient (Wildman–Crippen LogP) is 5.86. The van der Waals surface area contributed by atoms with E-state index in [1.807, 2.05) is 6.07 Å². The molecular formula is C42H34ClF2N5O3. The summed E-state index contributed by atoms with van der Waals surface area (Å²) < 4.78 is 29.8. The number of carbonyl (C=O) groups is 1.